The average Bonchev–Trinajstić information content (AvgIpc) is 2.74. The van der Waals surface area contributed by atoms with Gasteiger partial charge in [-0.2, -0.15) is 17.9 Å². The first-order valence-electron chi connectivity index (χ1n) is 9.48. The third kappa shape index (κ3) is 5.20. The van der Waals surface area contributed by atoms with Gasteiger partial charge < -0.3 is 15.6 Å². The summed E-state index contributed by atoms with van der Waals surface area (Å²) in [5, 5.41) is 24.1. The summed E-state index contributed by atoms with van der Waals surface area (Å²) >= 11 is 0. The molecule has 1 aromatic carbocycles. The van der Waals surface area contributed by atoms with Crippen LogP contribution in [-0.2, 0) is 0 Å². The third-order valence-corrected chi connectivity index (χ3v) is 4.85. The summed E-state index contributed by atoms with van der Waals surface area (Å²) in [6.07, 6.45) is -5.61. The second-order valence-corrected chi connectivity index (χ2v) is 7.27. The second kappa shape index (κ2) is 8.91. The van der Waals surface area contributed by atoms with Crippen LogP contribution in [-0.4, -0.2) is 22.2 Å². The van der Waals surface area contributed by atoms with Crippen LogP contribution in [0.15, 0.2) is 54.9 Å². The lowest BCUT2D eigenvalue weighted by Crippen LogP contribution is -2.33. The Morgan fingerprint density at radius 3 is 2.47 bits per heavy atom. The summed E-state index contributed by atoms with van der Waals surface area (Å²) in [5.41, 5.74) is 0.433. The Labute approximate surface area is 180 Å². The number of aliphatic hydroxyl groups is 1. The van der Waals surface area contributed by atoms with Gasteiger partial charge in [0, 0.05) is 29.7 Å². The van der Waals surface area contributed by atoms with Gasteiger partial charge in [0.15, 0.2) is 18.0 Å². The third-order valence-electron chi connectivity index (χ3n) is 4.85. The van der Waals surface area contributed by atoms with Crippen molar-refractivity contribution < 1.29 is 32.2 Å². The van der Waals surface area contributed by atoms with Crippen molar-refractivity contribution >= 4 is 5.91 Å². The number of carbonyl (C=O) groups excluding carboxylic acids is 1. The lowest BCUT2D eigenvalue weighted by molar-refractivity contribution is -0.612. The molecule has 32 heavy (non-hydrogen) atoms. The Morgan fingerprint density at radius 2 is 1.88 bits per heavy atom. The number of benzene rings is 1. The lowest BCUT2D eigenvalue weighted by Gasteiger charge is -2.18. The highest BCUT2D eigenvalue weighted by Crippen LogP contribution is 2.35. The molecule has 0 saturated heterocycles. The number of hydrogen-bond donors (Lipinski definition) is 2. The zero-order valence-electron chi connectivity index (χ0n) is 17.0. The van der Waals surface area contributed by atoms with Gasteiger partial charge in [0.1, 0.15) is 5.82 Å². The molecule has 0 fully saturated rings. The highest BCUT2D eigenvalue weighted by atomic mass is 19.4. The number of carbonyl (C=O) groups is 1. The highest BCUT2D eigenvalue weighted by Gasteiger charge is 2.39. The van der Waals surface area contributed by atoms with Gasteiger partial charge in [-0.05, 0) is 48.9 Å². The van der Waals surface area contributed by atoms with E-state index >= 15 is 0 Å². The molecule has 1 amide bonds. The van der Waals surface area contributed by atoms with Gasteiger partial charge in [-0.3, -0.25) is 9.78 Å². The van der Waals surface area contributed by atoms with Crippen molar-refractivity contribution in [1.82, 2.24) is 10.3 Å². The van der Waals surface area contributed by atoms with Crippen molar-refractivity contribution in [2.75, 3.05) is 0 Å². The summed E-state index contributed by atoms with van der Waals surface area (Å²) in [7, 11) is 0. The normalized spacial score (nSPS) is 13.5. The number of aliphatic hydroxyl groups excluding tert-OH is 1. The first kappa shape index (κ1) is 23.1. The van der Waals surface area contributed by atoms with Crippen LogP contribution in [0.3, 0.4) is 0 Å². The van der Waals surface area contributed by atoms with Gasteiger partial charge in [-0.25, -0.2) is 4.39 Å². The first-order chi connectivity index (χ1) is 15.0. The topological polar surface area (TPSA) is 89.2 Å². The number of aryl methyl sites for hydroxylation is 1. The number of amides is 1. The van der Waals surface area contributed by atoms with E-state index in [4.69, 9.17) is 0 Å². The van der Waals surface area contributed by atoms with E-state index in [1.807, 2.05) is 0 Å². The van der Waals surface area contributed by atoms with E-state index in [1.54, 1.807) is 26.0 Å². The summed E-state index contributed by atoms with van der Waals surface area (Å²) in [4.78, 5) is 16.6. The predicted octanol–water partition coefficient (Wildman–Crippen LogP) is 3.92. The second-order valence-electron chi connectivity index (χ2n) is 7.27. The van der Waals surface area contributed by atoms with Crippen molar-refractivity contribution in [3.8, 4) is 11.3 Å². The van der Waals surface area contributed by atoms with E-state index in [0.29, 0.717) is 16.0 Å². The summed E-state index contributed by atoms with van der Waals surface area (Å²) in [5.74, 6) is -1.36. The van der Waals surface area contributed by atoms with Gasteiger partial charge in [0.25, 0.3) is 5.91 Å². The van der Waals surface area contributed by atoms with E-state index in [0.717, 1.165) is 24.4 Å². The molecule has 0 radical (unpaired) electrons. The Bertz CT molecular complexity index is 1130. The molecule has 2 atom stereocenters. The van der Waals surface area contributed by atoms with E-state index in [2.05, 4.69) is 10.3 Å². The van der Waals surface area contributed by atoms with Crippen LogP contribution in [0.5, 0.6) is 0 Å². The number of nitrogens with zero attached hydrogens (tertiary/aromatic N) is 2. The fourth-order valence-electron chi connectivity index (χ4n) is 3.01. The van der Waals surface area contributed by atoms with Gasteiger partial charge >= 0.3 is 6.18 Å². The Balaban J connectivity index is 1.97. The SMILES string of the molecule is Cc1ccc([C@@H](C)NC(=O)c2cc(-c3ccc(F)cn3)cc(C(O)C(F)(F)F)c2)c[n+]1[O-]. The van der Waals surface area contributed by atoms with Gasteiger partial charge in [-0.15, -0.1) is 0 Å². The molecular weight excluding hydrogens is 430 g/mol. The van der Waals surface area contributed by atoms with E-state index in [9.17, 15) is 32.7 Å². The molecule has 1 unspecified atom stereocenters. The minimum absolute atomic E-state index is 0.0938. The molecule has 10 heteroatoms. The maximum Gasteiger partial charge on any atom is 0.418 e. The van der Waals surface area contributed by atoms with Crippen molar-refractivity contribution in [1.29, 1.82) is 0 Å². The average molecular weight is 449 g/mol. The smallest absolute Gasteiger partial charge is 0.418 e. The number of rotatable bonds is 5. The van der Waals surface area contributed by atoms with Crippen molar-refractivity contribution in [2.45, 2.75) is 32.2 Å². The standard InChI is InChI=1S/C22H19F4N3O3/c1-12-3-4-14(11-29(12)32)13(2)28-21(31)17-8-15(19-6-5-18(23)10-27-19)7-16(9-17)20(30)22(24,25)26/h3-11,13,20,30H,1-2H3,(H,28,31)/t13-,20?/m1/s1. The predicted molar refractivity (Wildman–Crippen MR) is 107 cm³/mol. The van der Waals surface area contributed by atoms with Gasteiger partial charge in [-0.1, -0.05) is 0 Å². The molecule has 6 nitrogen and oxygen atoms in total. The molecule has 0 saturated carbocycles. The Morgan fingerprint density at radius 1 is 1.16 bits per heavy atom. The van der Waals surface area contributed by atoms with Crippen LogP contribution >= 0.6 is 0 Å². The maximum atomic E-state index is 13.2. The Hall–Kier alpha value is -3.53. The molecule has 2 heterocycles. The molecule has 2 N–H and O–H groups in total. The van der Waals surface area contributed by atoms with Gasteiger partial charge in [0.05, 0.1) is 17.9 Å². The van der Waals surface area contributed by atoms with Crippen LogP contribution in [0.4, 0.5) is 17.6 Å². The molecule has 3 aromatic rings. The fourth-order valence-corrected chi connectivity index (χ4v) is 3.01. The van der Waals surface area contributed by atoms with Crippen LogP contribution in [0.2, 0.25) is 0 Å². The van der Waals surface area contributed by atoms with Gasteiger partial charge in [0.2, 0.25) is 0 Å². The lowest BCUT2D eigenvalue weighted by atomic mass is 9.98. The number of pyridine rings is 2. The molecule has 0 aliphatic carbocycles. The molecular formula is C22H19F4N3O3. The summed E-state index contributed by atoms with van der Waals surface area (Å²) in [6, 6.07) is 8.17. The van der Waals surface area contributed by atoms with Crippen LogP contribution in [0.1, 0.15) is 46.2 Å². The van der Waals surface area contributed by atoms with Crippen molar-refractivity contribution in [3.63, 3.8) is 0 Å². The van der Waals surface area contributed by atoms with E-state index in [1.165, 1.54) is 18.3 Å². The molecule has 168 valence electrons. The van der Waals surface area contributed by atoms with E-state index in [-0.39, 0.29) is 16.8 Å². The molecule has 0 bridgehead atoms. The zero-order valence-corrected chi connectivity index (χ0v) is 17.0. The van der Waals surface area contributed by atoms with Crippen molar-refractivity contribution in [3.05, 3.63) is 88.3 Å². The number of aromatic nitrogens is 2. The fraction of sp³-hybridized carbons (Fsp3) is 0.227. The molecule has 0 aliphatic heterocycles. The first-order valence-corrected chi connectivity index (χ1v) is 9.48. The van der Waals surface area contributed by atoms with Crippen LogP contribution in [0, 0.1) is 17.9 Å². The summed E-state index contributed by atoms with van der Waals surface area (Å²) < 4.78 is 53.2. The number of hydrogen-bond acceptors (Lipinski definition) is 4. The molecule has 3 rings (SSSR count). The van der Waals surface area contributed by atoms with E-state index < -0.39 is 35.6 Å². The zero-order chi connectivity index (χ0) is 23.6. The largest absolute Gasteiger partial charge is 0.618 e. The van der Waals surface area contributed by atoms with Crippen LogP contribution < -0.4 is 10.0 Å². The minimum atomic E-state index is -4.96. The number of halogens is 4. The maximum absolute atomic E-state index is 13.2. The summed E-state index contributed by atoms with van der Waals surface area (Å²) in [6.45, 7) is 3.22. The highest BCUT2D eigenvalue weighted by molar-refractivity contribution is 5.96. The number of alkyl halides is 3. The minimum Gasteiger partial charge on any atom is -0.618 e. The molecule has 2 aromatic heterocycles. The quantitative estimate of drug-likeness (QED) is 0.351. The van der Waals surface area contributed by atoms with Crippen LogP contribution in [0.25, 0.3) is 11.3 Å². The Kier molecular flexibility index (Phi) is 6.45. The molecule has 0 aliphatic rings. The number of nitrogens with one attached hydrogen (secondary N) is 1. The van der Waals surface area contributed by atoms with Crippen molar-refractivity contribution in [2.24, 2.45) is 0 Å². The monoisotopic (exact) mass is 449 g/mol. The molecule has 0 spiro atoms.